The molecule has 0 spiro atoms. The van der Waals surface area contributed by atoms with Crippen LogP contribution in [0.2, 0.25) is 0 Å². The van der Waals surface area contributed by atoms with Gasteiger partial charge in [0.25, 0.3) is 0 Å². The van der Waals surface area contributed by atoms with Crippen LogP contribution in [0, 0.1) is 10.8 Å². The van der Waals surface area contributed by atoms with Crippen molar-refractivity contribution in [2.75, 3.05) is 66.1 Å². The predicted octanol–water partition coefficient (Wildman–Crippen LogP) is 6.53. The van der Waals surface area contributed by atoms with E-state index in [1.807, 2.05) is 48.5 Å². The van der Waals surface area contributed by atoms with Crippen molar-refractivity contribution in [3.63, 3.8) is 0 Å². The molecule has 2 aromatic carbocycles. The standard InChI is InChI=1S/C30H42N2O6/c1-29(21-35-22-29)19-33-15-3-5-17-37-27-11-7-25(8-12-27)31-32-26-9-13-28(14-10-26)38-18-6-4-16-34-20-30(2)23-36-24-30/h7-14H,3-6,15-24H2,1-2H3. The highest BCUT2D eigenvalue weighted by Crippen LogP contribution is 2.27. The molecule has 0 amide bonds. The second-order valence-electron chi connectivity index (χ2n) is 11.0. The predicted molar refractivity (Wildman–Crippen MR) is 146 cm³/mol. The Kier molecular flexibility index (Phi) is 10.9. The van der Waals surface area contributed by atoms with Gasteiger partial charge in [-0.2, -0.15) is 10.2 Å². The van der Waals surface area contributed by atoms with Crippen LogP contribution in [-0.2, 0) is 18.9 Å². The quantitative estimate of drug-likeness (QED) is 0.162. The Hall–Kier alpha value is -2.52. The Balaban J connectivity index is 1.04. The van der Waals surface area contributed by atoms with Crippen molar-refractivity contribution in [1.29, 1.82) is 0 Å². The van der Waals surface area contributed by atoms with Crippen LogP contribution in [0.1, 0.15) is 39.5 Å². The van der Waals surface area contributed by atoms with E-state index in [1.54, 1.807) is 0 Å². The van der Waals surface area contributed by atoms with E-state index in [1.165, 1.54) is 0 Å². The van der Waals surface area contributed by atoms with Gasteiger partial charge >= 0.3 is 0 Å². The highest BCUT2D eigenvalue weighted by molar-refractivity contribution is 5.44. The molecule has 38 heavy (non-hydrogen) atoms. The summed E-state index contributed by atoms with van der Waals surface area (Å²) in [6, 6.07) is 15.3. The van der Waals surface area contributed by atoms with E-state index < -0.39 is 0 Å². The van der Waals surface area contributed by atoms with E-state index >= 15 is 0 Å². The summed E-state index contributed by atoms with van der Waals surface area (Å²) in [4.78, 5) is 0. The van der Waals surface area contributed by atoms with Gasteiger partial charge in [-0.15, -0.1) is 0 Å². The molecule has 0 N–H and O–H groups in total. The number of hydrogen-bond acceptors (Lipinski definition) is 8. The topological polar surface area (TPSA) is 80.1 Å². The minimum Gasteiger partial charge on any atom is -0.494 e. The first-order chi connectivity index (χ1) is 18.5. The molecule has 2 fully saturated rings. The Labute approximate surface area is 226 Å². The van der Waals surface area contributed by atoms with Crippen molar-refractivity contribution >= 4 is 11.4 Å². The zero-order valence-corrected chi connectivity index (χ0v) is 22.9. The Morgan fingerprint density at radius 2 is 0.947 bits per heavy atom. The number of nitrogens with zero attached hydrogens (tertiary/aromatic N) is 2. The summed E-state index contributed by atoms with van der Waals surface area (Å²) in [6.07, 6.45) is 3.88. The van der Waals surface area contributed by atoms with Gasteiger partial charge in [0, 0.05) is 24.0 Å². The molecule has 0 saturated carbocycles. The molecule has 2 aromatic rings. The third-order valence-electron chi connectivity index (χ3n) is 6.56. The monoisotopic (exact) mass is 526 g/mol. The van der Waals surface area contributed by atoms with Gasteiger partial charge in [-0.05, 0) is 74.2 Å². The maximum atomic E-state index is 5.82. The van der Waals surface area contributed by atoms with Crippen LogP contribution >= 0.6 is 0 Å². The molecule has 0 atom stereocenters. The van der Waals surface area contributed by atoms with Gasteiger partial charge in [0.15, 0.2) is 0 Å². The average Bonchev–Trinajstić information content (AvgIpc) is 2.90. The molecule has 208 valence electrons. The number of ether oxygens (including phenoxy) is 6. The van der Waals surface area contributed by atoms with E-state index in [2.05, 4.69) is 24.1 Å². The lowest BCUT2D eigenvalue weighted by Crippen LogP contribution is -2.43. The molecule has 8 heteroatoms. The number of benzene rings is 2. The Morgan fingerprint density at radius 3 is 1.29 bits per heavy atom. The number of azo groups is 1. The van der Waals surface area contributed by atoms with E-state index in [0.29, 0.717) is 13.2 Å². The molecular formula is C30H42N2O6. The SMILES string of the molecule is CC1(COCCCCOc2ccc(N=Nc3ccc(OCCCCOCC4(C)COC4)cc3)cc2)COC1. The van der Waals surface area contributed by atoms with Crippen molar-refractivity contribution in [2.24, 2.45) is 21.1 Å². The first kappa shape index (κ1) is 28.5. The Morgan fingerprint density at radius 1 is 0.579 bits per heavy atom. The lowest BCUT2D eigenvalue weighted by atomic mass is 9.90. The maximum Gasteiger partial charge on any atom is 0.119 e. The van der Waals surface area contributed by atoms with Gasteiger partial charge in [0.2, 0.25) is 0 Å². The van der Waals surface area contributed by atoms with Crippen molar-refractivity contribution in [3.05, 3.63) is 48.5 Å². The lowest BCUT2D eigenvalue weighted by Gasteiger charge is -2.37. The average molecular weight is 527 g/mol. The van der Waals surface area contributed by atoms with Gasteiger partial charge in [-0.1, -0.05) is 13.8 Å². The second-order valence-corrected chi connectivity index (χ2v) is 11.0. The van der Waals surface area contributed by atoms with Crippen molar-refractivity contribution < 1.29 is 28.4 Å². The van der Waals surface area contributed by atoms with E-state index in [9.17, 15) is 0 Å². The van der Waals surface area contributed by atoms with Gasteiger partial charge in [-0.3, -0.25) is 0 Å². The second kappa shape index (κ2) is 14.6. The number of rotatable bonds is 18. The summed E-state index contributed by atoms with van der Waals surface area (Å²) < 4.78 is 33.6. The highest BCUT2D eigenvalue weighted by atomic mass is 16.5. The molecule has 2 aliphatic heterocycles. The zero-order chi connectivity index (χ0) is 26.5. The number of hydrogen-bond donors (Lipinski definition) is 0. The first-order valence-corrected chi connectivity index (χ1v) is 13.7. The van der Waals surface area contributed by atoms with Crippen LogP contribution < -0.4 is 9.47 Å². The summed E-state index contributed by atoms with van der Waals surface area (Å²) >= 11 is 0. The van der Waals surface area contributed by atoms with Crippen LogP contribution in [0.3, 0.4) is 0 Å². The van der Waals surface area contributed by atoms with Crippen LogP contribution in [0.4, 0.5) is 11.4 Å². The molecule has 0 bridgehead atoms. The molecular weight excluding hydrogens is 484 g/mol. The molecule has 2 aliphatic rings. The van der Waals surface area contributed by atoms with Gasteiger partial charge < -0.3 is 28.4 Å². The van der Waals surface area contributed by atoms with Crippen molar-refractivity contribution in [3.8, 4) is 11.5 Å². The van der Waals surface area contributed by atoms with Crippen LogP contribution in [0.5, 0.6) is 11.5 Å². The molecule has 0 unspecified atom stereocenters. The minimum atomic E-state index is 0.216. The summed E-state index contributed by atoms with van der Waals surface area (Å²) in [5, 5.41) is 8.64. The van der Waals surface area contributed by atoms with E-state index in [-0.39, 0.29) is 10.8 Å². The summed E-state index contributed by atoms with van der Waals surface area (Å²) in [5.74, 6) is 1.67. The summed E-state index contributed by atoms with van der Waals surface area (Å²) in [5.41, 5.74) is 1.99. The third-order valence-corrected chi connectivity index (χ3v) is 6.56. The molecule has 2 heterocycles. The van der Waals surface area contributed by atoms with E-state index in [4.69, 9.17) is 28.4 Å². The molecule has 0 radical (unpaired) electrons. The molecule has 2 saturated heterocycles. The largest absolute Gasteiger partial charge is 0.494 e. The van der Waals surface area contributed by atoms with Gasteiger partial charge in [0.05, 0.1) is 64.2 Å². The molecule has 8 nitrogen and oxygen atoms in total. The van der Waals surface area contributed by atoms with Gasteiger partial charge in [0.1, 0.15) is 11.5 Å². The van der Waals surface area contributed by atoms with Crippen LogP contribution in [0.25, 0.3) is 0 Å². The Bertz CT molecular complexity index is 892. The van der Waals surface area contributed by atoms with Crippen LogP contribution in [0.15, 0.2) is 58.8 Å². The minimum absolute atomic E-state index is 0.216. The molecule has 0 aliphatic carbocycles. The maximum absolute atomic E-state index is 5.82. The molecule has 0 aromatic heterocycles. The first-order valence-electron chi connectivity index (χ1n) is 13.7. The smallest absolute Gasteiger partial charge is 0.119 e. The summed E-state index contributed by atoms with van der Waals surface area (Å²) in [6.45, 7) is 12.0. The van der Waals surface area contributed by atoms with Crippen LogP contribution in [-0.4, -0.2) is 66.1 Å². The van der Waals surface area contributed by atoms with Crippen molar-refractivity contribution in [2.45, 2.75) is 39.5 Å². The normalized spacial score (nSPS) is 17.6. The molecule has 4 rings (SSSR count). The number of unbranched alkanes of at least 4 members (excludes halogenated alkanes) is 2. The van der Waals surface area contributed by atoms with E-state index in [0.717, 1.165) is 101 Å². The van der Waals surface area contributed by atoms with Crippen molar-refractivity contribution in [1.82, 2.24) is 0 Å². The zero-order valence-electron chi connectivity index (χ0n) is 22.9. The summed E-state index contributed by atoms with van der Waals surface area (Å²) in [7, 11) is 0. The third kappa shape index (κ3) is 9.66. The van der Waals surface area contributed by atoms with Gasteiger partial charge in [-0.25, -0.2) is 0 Å². The lowest BCUT2D eigenvalue weighted by molar-refractivity contribution is -0.138. The highest BCUT2D eigenvalue weighted by Gasteiger charge is 2.34. The fourth-order valence-corrected chi connectivity index (χ4v) is 4.03. The fourth-order valence-electron chi connectivity index (χ4n) is 4.03. The fraction of sp³-hybridized carbons (Fsp3) is 0.600.